The van der Waals surface area contributed by atoms with Crippen molar-refractivity contribution in [2.45, 2.75) is 29.5 Å². The fourth-order valence-corrected chi connectivity index (χ4v) is 5.60. The number of hydrogen-bond donors (Lipinski definition) is 4. The van der Waals surface area contributed by atoms with Crippen LogP contribution in [0.15, 0.2) is 59.6 Å². The lowest BCUT2D eigenvalue weighted by Gasteiger charge is -2.22. The van der Waals surface area contributed by atoms with E-state index in [2.05, 4.69) is 15.3 Å². The molecule has 0 unspecified atom stereocenters. The maximum atomic E-state index is 12.9. The van der Waals surface area contributed by atoms with E-state index in [0.717, 1.165) is 5.56 Å². The van der Waals surface area contributed by atoms with Crippen LogP contribution in [0.4, 0.5) is 5.82 Å². The molecule has 0 radical (unpaired) electrons. The number of hydrogen-bond acceptors (Lipinski definition) is 10. The number of nitrogens with zero attached hydrogens (tertiary/aromatic N) is 2. The highest BCUT2D eigenvalue weighted by molar-refractivity contribution is 7.92. The Labute approximate surface area is 209 Å². The van der Waals surface area contributed by atoms with Gasteiger partial charge in [0.2, 0.25) is 11.8 Å². The van der Waals surface area contributed by atoms with E-state index in [1.54, 1.807) is 36.4 Å². The van der Waals surface area contributed by atoms with Gasteiger partial charge in [0.25, 0.3) is 0 Å². The number of benzene rings is 2. The Bertz CT molecular complexity index is 1350. The fraction of sp³-hybridized carbons (Fsp3) is 0.280. The summed E-state index contributed by atoms with van der Waals surface area (Å²) in [6.45, 7) is 1.59. The van der Waals surface area contributed by atoms with Crippen LogP contribution in [0.5, 0.6) is 0 Å². The lowest BCUT2D eigenvalue weighted by molar-refractivity contribution is 0.0983. The van der Waals surface area contributed by atoms with Gasteiger partial charge in [-0.15, -0.1) is 0 Å². The number of rotatable bonds is 7. The quantitative estimate of drug-likeness (QED) is 0.279. The SMILES string of the molecule is CNCc1ccc(C(=N)OC(=N)c2nc(-c3ccc(S(=O)(=O)C4CCOCC4)cc3)cnc2N)cc1. The zero-order valence-electron chi connectivity index (χ0n) is 19.8. The van der Waals surface area contributed by atoms with Crippen LogP contribution in [-0.2, 0) is 25.9 Å². The first-order chi connectivity index (χ1) is 17.3. The van der Waals surface area contributed by atoms with Crippen molar-refractivity contribution in [2.75, 3.05) is 26.0 Å². The zero-order chi connectivity index (χ0) is 25.7. The smallest absolute Gasteiger partial charge is 0.243 e. The van der Waals surface area contributed by atoms with Crippen molar-refractivity contribution < 1.29 is 17.9 Å². The highest BCUT2D eigenvalue weighted by Crippen LogP contribution is 2.26. The molecule has 0 bridgehead atoms. The van der Waals surface area contributed by atoms with E-state index < -0.39 is 21.0 Å². The minimum absolute atomic E-state index is 0.0112. The zero-order valence-corrected chi connectivity index (χ0v) is 20.6. The highest BCUT2D eigenvalue weighted by atomic mass is 32.2. The number of nitrogens with two attached hydrogens (primary N) is 1. The molecular formula is C25H28N6O4S. The largest absolute Gasteiger partial charge is 0.419 e. The Hall–Kier alpha value is -3.67. The summed E-state index contributed by atoms with van der Waals surface area (Å²) in [7, 11) is -1.60. The standard InChI is InChI=1S/C25H28N6O4S/c1-29-14-16-2-4-18(5-3-16)24(27)35-25(28)22-23(26)30-15-21(31-22)17-6-8-19(9-7-17)36(32,33)20-10-12-34-13-11-20/h2-9,15,20,27-29H,10-14H2,1H3,(H2,26,30). The minimum atomic E-state index is -3.45. The molecule has 2 aromatic carbocycles. The number of ether oxygens (including phenoxy) is 2. The van der Waals surface area contributed by atoms with Gasteiger partial charge in [-0.25, -0.2) is 18.4 Å². The van der Waals surface area contributed by atoms with E-state index in [9.17, 15) is 8.42 Å². The highest BCUT2D eigenvalue weighted by Gasteiger charge is 2.29. The summed E-state index contributed by atoms with van der Waals surface area (Å²) in [6.07, 6.45) is 2.40. The van der Waals surface area contributed by atoms with Crippen LogP contribution in [0.25, 0.3) is 11.3 Å². The molecule has 1 fully saturated rings. The average molecular weight is 509 g/mol. The van der Waals surface area contributed by atoms with E-state index >= 15 is 0 Å². The second-order valence-corrected chi connectivity index (χ2v) is 10.6. The lowest BCUT2D eigenvalue weighted by Crippen LogP contribution is -2.28. The van der Waals surface area contributed by atoms with Crippen LogP contribution >= 0.6 is 0 Å². The summed E-state index contributed by atoms with van der Waals surface area (Å²) in [4.78, 5) is 8.76. The molecule has 0 amide bonds. The Morgan fingerprint density at radius 2 is 1.75 bits per heavy atom. The van der Waals surface area contributed by atoms with Gasteiger partial charge in [0.05, 0.1) is 22.0 Å². The average Bonchev–Trinajstić information content (AvgIpc) is 2.90. The van der Waals surface area contributed by atoms with Gasteiger partial charge >= 0.3 is 0 Å². The van der Waals surface area contributed by atoms with Gasteiger partial charge in [-0.2, -0.15) is 0 Å². The molecule has 1 aliphatic rings. The van der Waals surface area contributed by atoms with Crippen LogP contribution in [0, 0.1) is 10.8 Å². The fourth-order valence-electron chi connectivity index (χ4n) is 3.89. The molecule has 1 aliphatic heterocycles. The van der Waals surface area contributed by atoms with Crippen molar-refractivity contribution in [2.24, 2.45) is 0 Å². The van der Waals surface area contributed by atoms with E-state index in [0.29, 0.717) is 49.4 Å². The van der Waals surface area contributed by atoms with Crippen LogP contribution in [0.3, 0.4) is 0 Å². The van der Waals surface area contributed by atoms with E-state index in [1.807, 2.05) is 19.2 Å². The molecule has 0 saturated carbocycles. The maximum Gasteiger partial charge on any atom is 0.243 e. The molecule has 188 valence electrons. The molecular weight excluding hydrogens is 480 g/mol. The Morgan fingerprint density at radius 3 is 2.39 bits per heavy atom. The van der Waals surface area contributed by atoms with Gasteiger partial charge in [0, 0.05) is 30.9 Å². The number of aromatic nitrogens is 2. The molecule has 1 aromatic heterocycles. The van der Waals surface area contributed by atoms with E-state index in [4.69, 9.17) is 26.0 Å². The number of anilines is 1. The molecule has 0 spiro atoms. The second kappa shape index (κ2) is 10.9. The predicted molar refractivity (Wildman–Crippen MR) is 137 cm³/mol. The normalized spacial score (nSPS) is 14.4. The summed E-state index contributed by atoms with van der Waals surface area (Å²) >= 11 is 0. The lowest BCUT2D eigenvalue weighted by atomic mass is 10.1. The number of nitrogens with one attached hydrogen (secondary N) is 3. The van der Waals surface area contributed by atoms with E-state index in [-0.39, 0.29) is 22.3 Å². The van der Waals surface area contributed by atoms with Crippen LogP contribution < -0.4 is 11.1 Å². The third-order valence-corrected chi connectivity index (χ3v) is 8.18. The van der Waals surface area contributed by atoms with Gasteiger partial charge in [0.1, 0.15) is 0 Å². The topological polar surface area (TPSA) is 164 Å². The molecule has 10 nitrogen and oxygen atoms in total. The Balaban J connectivity index is 1.50. The molecule has 36 heavy (non-hydrogen) atoms. The van der Waals surface area contributed by atoms with Gasteiger partial charge in [0.15, 0.2) is 21.3 Å². The van der Waals surface area contributed by atoms with Crippen molar-refractivity contribution in [3.63, 3.8) is 0 Å². The molecule has 11 heteroatoms. The van der Waals surface area contributed by atoms with E-state index in [1.165, 1.54) is 6.20 Å². The first-order valence-corrected chi connectivity index (χ1v) is 13.0. The summed E-state index contributed by atoms with van der Waals surface area (Å²) in [5.74, 6) is -0.644. The second-order valence-electron chi connectivity index (χ2n) is 8.36. The molecule has 0 atom stereocenters. The third-order valence-electron chi connectivity index (χ3n) is 5.90. The maximum absolute atomic E-state index is 12.9. The Kier molecular flexibility index (Phi) is 7.73. The molecule has 3 aromatic rings. The van der Waals surface area contributed by atoms with Crippen molar-refractivity contribution >= 4 is 27.5 Å². The molecule has 2 heterocycles. The van der Waals surface area contributed by atoms with Crippen LogP contribution in [-0.4, -0.2) is 55.7 Å². The van der Waals surface area contributed by atoms with Crippen molar-refractivity contribution in [1.29, 1.82) is 10.8 Å². The van der Waals surface area contributed by atoms with Crippen molar-refractivity contribution in [3.8, 4) is 11.3 Å². The number of nitrogen functional groups attached to an aromatic ring is 1. The summed E-state index contributed by atoms with van der Waals surface area (Å²) in [5, 5.41) is 19.1. The van der Waals surface area contributed by atoms with Gasteiger partial charge in [-0.05, 0) is 49.7 Å². The summed E-state index contributed by atoms with van der Waals surface area (Å²) < 4.78 is 36.5. The molecule has 1 saturated heterocycles. The molecule has 4 rings (SSSR count). The van der Waals surface area contributed by atoms with Gasteiger partial charge in [-0.3, -0.25) is 10.8 Å². The molecule has 5 N–H and O–H groups in total. The van der Waals surface area contributed by atoms with Crippen molar-refractivity contribution in [3.05, 3.63) is 71.5 Å². The predicted octanol–water partition coefficient (Wildman–Crippen LogP) is 2.77. The first kappa shape index (κ1) is 25.4. The van der Waals surface area contributed by atoms with Crippen molar-refractivity contribution in [1.82, 2.24) is 15.3 Å². The first-order valence-electron chi connectivity index (χ1n) is 11.4. The summed E-state index contributed by atoms with van der Waals surface area (Å²) in [5.41, 5.74) is 8.49. The third kappa shape index (κ3) is 5.59. The van der Waals surface area contributed by atoms with Gasteiger partial charge < -0.3 is 20.5 Å². The minimum Gasteiger partial charge on any atom is -0.419 e. The number of sulfone groups is 1. The monoisotopic (exact) mass is 508 g/mol. The van der Waals surface area contributed by atoms with Crippen LogP contribution in [0.1, 0.15) is 29.7 Å². The van der Waals surface area contributed by atoms with Gasteiger partial charge in [-0.1, -0.05) is 24.3 Å². The Morgan fingerprint density at radius 1 is 1.08 bits per heavy atom. The summed E-state index contributed by atoms with van der Waals surface area (Å²) in [6, 6.07) is 13.6. The molecule has 0 aliphatic carbocycles. The van der Waals surface area contributed by atoms with Crippen LogP contribution in [0.2, 0.25) is 0 Å².